The van der Waals surface area contributed by atoms with E-state index in [1.807, 2.05) is 11.8 Å². The van der Waals surface area contributed by atoms with Crippen LogP contribution in [-0.4, -0.2) is 23.9 Å². The van der Waals surface area contributed by atoms with Gasteiger partial charge in [-0.25, -0.2) is 4.39 Å². The Bertz CT molecular complexity index is 466. The molecule has 0 spiro atoms. The van der Waals surface area contributed by atoms with Gasteiger partial charge in [0.1, 0.15) is 5.82 Å². The van der Waals surface area contributed by atoms with Crippen molar-refractivity contribution in [3.8, 4) is 0 Å². The highest BCUT2D eigenvalue weighted by molar-refractivity contribution is 6.30. The lowest BCUT2D eigenvalue weighted by molar-refractivity contribution is -0.122. The molecule has 0 bridgehead atoms. The number of hydrogen-bond donors (Lipinski definition) is 1. The van der Waals surface area contributed by atoms with Crippen molar-refractivity contribution in [2.75, 3.05) is 13.1 Å². The number of halogens is 2. The first kappa shape index (κ1) is 13.3. The SMILES string of the molecule is C[C@@H]1CN(Cc2ccc(Cl)cc2F)C[C@H]1C(N)=O. The van der Waals surface area contributed by atoms with Crippen LogP contribution in [0.15, 0.2) is 18.2 Å². The minimum Gasteiger partial charge on any atom is -0.369 e. The molecule has 2 rings (SSSR count). The number of carbonyl (C=O) groups excluding carboxylic acids is 1. The highest BCUT2D eigenvalue weighted by Gasteiger charge is 2.33. The van der Waals surface area contributed by atoms with Crippen LogP contribution in [0.2, 0.25) is 5.02 Å². The van der Waals surface area contributed by atoms with Crippen molar-refractivity contribution < 1.29 is 9.18 Å². The van der Waals surface area contributed by atoms with Crippen LogP contribution in [0.25, 0.3) is 0 Å². The maximum absolute atomic E-state index is 13.7. The van der Waals surface area contributed by atoms with Crippen LogP contribution in [0.4, 0.5) is 4.39 Å². The van der Waals surface area contributed by atoms with Crippen molar-refractivity contribution in [3.05, 3.63) is 34.6 Å². The second-order valence-electron chi connectivity index (χ2n) is 4.92. The summed E-state index contributed by atoms with van der Waals surface area (Å²) in [7, 11) is 0. The lowest BCUT2D eigenvalue weighted by Gasteiger charge is -2.15. The second kappa shape index (κ2) is 5.24. The fraction of sp³-hybridized carbons (Fsp3) is 0.462. The van der Waals surface area contributed by atoms with Crippen LogP contribution in [0.1, 0.15) is 12.5 Å². The summed E-state index contributed by atoms with van der Waals surface area (Å²) in [5, 5.41) is 0.390. The fourth-order valence-corrected chi connectivity index (χ4v) is 2.62. The third-order valence-corrected chi connectivity index (χ3v) is 3.70. The Morgan fingerprint density at radius 1 is 1.56 bits per heavy atom. The predicted molar refractivity (Wildman–Crippen MR) is 68.5 cm³/mol. The smallest absolute Gasteiger partial charge is 0.222 e. The maximum atomic E-state index is 13.7. The molecule has 1 aromatic rings. The molecule has 1 heterocycles. The Morgan fingerprint density at radius 2 is 2.28 bits per heavy atom. The van der Waals surface area contributed by atoms with Crippen LogP contribution in [0.5, 0.6) is 0 Å². The van der Waals surface area contributed by atoms with Gasteiger partial charge in [0.15, 0.2) is 0 Å². The van der Waals surface area contributed by atoms with E-state index in [2.05, 4.69) is 0 Å². The molecule has 98 valence electrons. The number of nitrogens with two attached hydrogens (primary N) is 1. The molecule has 18 heavy (non-hydrogen) atoms. The van der Waals surface area contributed by atoms with E-state index in [0.29, 0.717) is 23.7 Å². The molecule has 1 fully saturated rings. The average molecular weight is 271 g/mol. The molecule has 1 aliphatic rings. The summed E-state index contributed by atoms with van der Waals surface area (Å²) >= 11 is 5.71. The van der Waals surface area contributed by atoms with Crippen molar-refractivity contribution >= 4 is 17.5 Å². The topological polar surface area (TPSA) is 46.3 Å². The Morgan fingerprint density at radius 3 is 2.83 bits per heavy atom. The van der Waals surface area contributed by atoms with E-state index < -0.39 is 0 Å². The van der Waals surface area contributed by atoms with Crippen LogP contribution < -0.4 is 5.73 Å². The first-order valence-corrected chi connectivity index (χ1v) is 6.30. The average Bonchev–Trinajstić information content (AvgIpc) is 2.64. The second-order valence-corrected chi connectivity index (χ2v) is 5.35. The largest absolute Gasteiger partial charge is 0.369 e. The van der Waals surface area contributed by atoms with Gasteiger partial charge in [-0.1, -0.05) is 24.6 Å². The number of likely N-dealkylation sites (tertiary alicyclic amines) is 1. The van der Waals surface area contributed by atoms with Gasteiger partial charge in [0.25, 0.3) is 0 Å². The Labute approximate surface area is 111 Å². The number of amides is 1. The van der Waals surface area contributed by atoms with Crippen molar-refractivity contribution in [1.82, 2.24) is 4.90 Å². The lowest BCUT2D eigenvalue weighted by atomic mass is 9.98. The minimum absolute atomic E-state index is 0.139. The van der Waals surface area contributed by atoms with Gasteiger partial charge >= 0.3 is 0 Å². The molecule has 1 aromatic carbocycles. The zero-order valence-corrected chi connectivity index (χ0v) is 11.0. The van der Waals surface area contributed by atoms with Crippen molar-refractivity contribution in [3.63, 3.8) is 0 Å². The van der Waals surface area contributed by atoms with E-state index >= 15 is 0 Å². The van der Waals surface area contributed by atoms with E-state index in [1.165, 1.54) is 6.07 Å². The molecule has 1 saturated heterocycles. The normalized spacial score (nSPS) is 24.4. The standard InChI is InChI=1S/C13H16ClFN2O/c1-8-5-17(7-11(8)13(16)18)6-9-2-3-10(14)4-12(9)15/h2-4,8,11H,5-7H2,1H3,(H2,16,18)/t8-,11-/m1/s1. The summed E-state index contributed by atoms with van der Waals surface area (Å²) < 4.78 is 13.7. The molecule has 2 N–H and O–H groups in total. The molecule has 0 saturated carbocycles. The minimum atomic E-state index is -0.308. The van der Waals surface area contributed by atoms with Crippen molar-refractivity contribution in [2.45, 2.75) is 13.5 Å². The Kier molecular flexibility index (Phi) is 3.88. The molecular weight excluding hydrogens is 255 g/mol. The van der Waals surface area contributed by atoms with Gasteiger partial charge in [-0.15, -0.1) is 0 Å². The van der Waals surface area contributed by atoms with Crippen molar-refractivity contribution in [2.24, 2.45) is 17.6 Å². The van der Waals surface area contributed by atoms with Gasteiger partial charge in [-0.2, -0.15) is 0 Å². The van der Waals surface area contributed by atoms with E-state index in [9.17, 15) is 9.18 Å². The third kappa shape index (κ3) is 2.82. The fourth-order valence-electron chi connectivity index (χ4n) is 2.46. The lowest BCUT2D eigenvalue weighted by Crippen LogP contribution is -2.29. The highest BCUT2D eigenvalue weighted by Crippen LogP contribution is 2.25. The monoisotopic (exact) mass is 270 g/mol. The Balaban J connectivity index is 2.05. The van der Waals surface area contributed by atoms with Gasteiger partial charge in [0.05, 0.1) is 5.92 Å². The van der Waals surface area contributed by atoms with E-state index in [0.717, 1.165) is 6.54 Å². The summed E-state index contributed by atoms with van der Waals surface area (Å²) in [5.74, 6) is -0.502. The molecule has 0 unspecified atom stereocenters. The number of nitrogens with zero attached hydrogens (tertiary/aromatic N) is 1. The number of hydrogen-bond acceptors (Lipinski definition) is 2. The molecule has 0 aliphatic carbocycles. The maximum Gasteiger partial charge on any atom is 0.222 e. The van der Waals surface area contributed by atoms with Crippen LogP contribution in [-0.2, 0) is 11.3 Å². The molecule has 5 heteroatoms. The molecule has 0 aromatic heterocycles. The van der Waals surface area contributed by atoms with E-state index in [-0.39, 0.29) is 23.6 Å². The van der Waals surface area contributed by atoms with Gasteiger partial charge < -0.3 is 5.73 Å². The molecular formula is C13H16ClFN2O. The molecule has 2 atom stereocenters. The number of primary amides is 1. The first-order chi connectivity index (χ1) is 8.47. The zero-order valence-electron chi connectivity index (χ0n) is 10.2. The third-order valence-electron chi connectivity index (χ3n) is 3.46. The summed E-state index contributed by atoms with van der Waals surface area (Å²) in [5.41, 5.74) is 5.93. The summed E-state index contributed by atoms with van der Waals surface area (Å²) in [6, 6.07) is 4.66. The first-order valence-electron chi connectivity index (χ1n) is 5.93. The highest BCUT2D eigenvalue weighted by atomic mass is 35.5. The molecule has 1 aliphatic heterocycles. The number of carbonyl (C=O) groups is 1. The van der Waals surface area contributed by atoms with E-state index in [1.54, 1.807) is 12.1 Å². The quantitative estimate of drug-likeness (QED) is 0.914. The number of benzene rings is 1. The van der Waals surface area contributed by atoms with Crippen LogP contribution >= 0.6 is 11.6 Å². The predicted octanol–water partition coefficient (Wildman–Crippen LogP) is 2.03. The summed E-state index contributed by atoms with van der Waals surface area (Å²) in [4.78, 5) is 13.3. The summed E-state index contributed by atoms with van der Waals surface area (Å²) in [6.45, 7) is 3.83. The summed E-state index contributed by atoms with van der Waals surface area (Å²) in [6.07, 6.45) is 0. The number of rotatable bonds is 3. The van der Waals surface area contributed by atoms with Crippen molar-refractivity contribution in [1.29, 1.82) is 0 Å². The Hall–Kier alpha value is -1.13. The van der Waals surface area contributed by atoms with Gasteiger partial charge in [0, 0.05) is 30.2 Å². The van der Waals surface area contributed by atoms with E-state index in [4.69, 9.17) is 17.3 Å². The van der Waals surface area contributed by atoms with Crippen LogP contribution in [0, 0.1) is 17.7 Å². The van der Waals surface area contributed by atoms with Gasteiger partial charge in [0.2, 0.25) is 5.91 Å². The zero-order chi connectivity index (χ0) is 13.3. The van der Waals surface area contributed by atoms with Gasteiger partial charge in [-0.3, -0.25) is 9.69 Å². The van der Waals surface area contributed by atoms with Crippen LogP contribution in [0.3, 0.4) is 0 Å². The molecule has 0 radical (unpaired) electrons. The molecule has 1 amide bonds. The van der Waals surface area contributed by atoms with Gasteiger partial charge in [-0.05, 0) is 18.1 Å². The molecule has 3 nitrogen and oxygen atoms in total.